The summed E-state index contributed by atoms with van der Waals surface area (Å²) in [6.07, 6.45) is 21.7. The topological polar surface area (TPSA) is 34.1 Å². The van der Waals surface area contributed by atoms with E-state index in [9.17, 15) is 9.59 Å². The Balaban J connectivity index is 0.876. The largest absolute Gasteiger partial charge is 0.289 e. The molecule has 6 aromatic rings. The zero-order valence-electron chi connectivity index (χ0n) is 38.0. The minimum absolute atomic E-state index is 0.0874. The molecule has 0 spiro atoms. The molecule has 328 valence electrons. The van der Waals surface area contributed by atoms with E-state index in [-0.39, 0.29) is 11.6 Å². The summed E-state index contributed by atoms with van der Waals surface area (Å²) in [6.45, 7) is 4.59. The maximum absolute atomic E-state index is 14.3. The SMILES string of the molecule is CCCCCC1CCC(c2ccc(-c3ccc(Sc4ccc(Sc5ccc(-c6ccc(C7CCC(CCCCC)CC7)cc6)cc5)c5c4C(=O)c4ccccc4C5=O)cc3)cc2)CC1. The minimum Gasteiger partial charge on any atom is -0.289 e. The molecule has 0 amide bonds. The van der Waals surface area contributed by atoms with E-state index in [1.54, 1.807) is 35.7 Å². The van der Waals surface area contributed by atoms with Gasteiger partial charge in [-0.25, -0.2) is 0 Å². The van der Waals surface area contributed by atoms with Crippen LogP contribution in [0.3, 0.4) is 0 Å². The summed E-state index contributed by atoms with van der Waals surface area (Å²) in [5, 5.41) is 0. The van der Waals surface area contributed by atoms with Crippen LogP contribution in [0, 0.1) is 11.8 Å². The Labute approximate surface area is 391 Å². The number of carbonyl (C=O) groups is 2. The van der Waals surface area contributed by atoms with Crippen LogP contribution in [0.1, 0.15) is 171 Å². The van der Waals surface area contributed by atoms with Gasteiger partial charge in [-0.2, -0.15) is 0 Å². The fourth-order valence-corrected chi connectivity index (χ4v) is 12.8. The lowest BCUT2D eigenvalue weighted by Crippen LogP contribution is -2.22. The minimum atomic E-state index is -0.0874. The van der Waals surface area contributed by atoms with Gasteiger partial charge in [-0.3, -0.25) is 9.59 Å². The van der Waals surface area contributed by atoms with E-state index in [0.29, 0.717) is 34.1 Å². The fraction of sp³-hybridized carbons (Fsp3) is 0.367. The molecule has 4 heteroatoms. The number of hydrogen-bond donors (Lipinski definition) is 0. The highest BCUT2D eigenvalue weighted by atomic mass is 32.2. The van der Waals surface area contributed by atoms with Crippen LogP contribution in [0.2, 0.25) is 0 Å². The Morgan fingerprint density at radius 2 is 0.750 bits per heavy atom. The average molecular weight is 881 g/mol. The molecule has 0 atom stereocenters. The van der Waals surface area contributed by atoms with Crippen molar-refractivity contribution >= 4 is 35.1 Å². The Morgan fingerprint density at radius 3 is 1.09 bits per heavy atom. The smallest absolute Gasteiger partial charge is 0.195 e. The third-order valence-corrected chi connectivity index (χ3v) is 16.9. The first-order valence-corrected chi connectivity index (χ1v) is 26.2. The van der Waals surface area contributed by atoms with Crippen LogP contribution in [0.15, 0.2) is 153 Å². The van der Waals surface area contributed by atoms with Crippen molar-refractivity contribution in [3.05, 3.63) is 167 Å². The van der Waals surface area contributed by atoms with E-state index in [0.717, 1.165) is 31.4 Å². The van der Waals surface area contributed by atoms with Gasteiger partial charge in [0.15, 0.2) is 11.6 Å². The molecular weight excluding hydrogens is 817 g/mol. The van der Waals surface area contributed by atoms with Crippen molar-refractivity contribution in [2.75, 3.05) is 0 Å². The molecule has 0 heterocycles. The van der Waals surface area contributed by atoms with Crippen molar-refractivity contribution in [2.45, 2.75) is 148 Å². The van der Waals surface area contributed by atoms with Gasteiger partial charge < -0.3 is 0 Å². The Morgan fingerprint density at radius 1 is 0.406 bits per heavy atom. The van der Waals surface area contributed by atoms with Crippen molar-refractivity contribution in [2.24, 2.45) is 11.8 Å². The molecular formula is C60H64O2S2. The number of fused-ring (bicyclic) bond motifs is 2. The standard InChI is InChI=1S/C60H64O2S2/c1-3-5-7-11-41-15-19-43(20-16-41)45-23-27-47(28-24-45)49-31-35-51(36-32-49)63-55-39-40-56(58-57(55)59(61)53-13-9-10-14-54(53)60(58)62)64-52-37-33-50(34-38-52)48-29-25-46(26-30-48)44-21-17-42(18-22-44)12-8-6-4-2/h9-10,13-14,23-44H,3-8,11-12,15-22H2,1-2H3. The highest BCUT2D eigenvalue weighted by Crippen LogP contribution is 2.45. The van der Waals surface area contributed by atoms with E-state index in [1.807, 2.05) is 24.3 Å². The molecule has 6 aromatic carbocycles. The second kappa shape index (κ2) is 21.1. The van der Waals surface area contributed by atoms with E-state index in [2.05, 4.69) is 111 Å². The molecule has 0 bridgehead atoms. The van der Waals surface area contributed by atoms with Gasteiger partial charge in [0, 0.05) is 41.8 Å². The maximum Gasteiger partial charge on any atom is 0.195 e. The maximum atomic E-state index is 14.3. The van der Waals surface area contributed by atoms with Gasteiger partial charge in [-0.05, 0) is 145 Å². The molecule has 0 unspecified atom stereocenters. The van der Waals surface area contributed by atoms with Crippen LogP contribution in [-0.4, -0.2) is 11.6 Å². The highest BCUT2D eigenvalue weighted by molar-refractivity contribution is 8.00. The van der Waals surface area contributed by atoms with Crippen LogP contribution in [0.4, 0.5) is 0 Å². The first kappa shape index (κ1) is 44.6. The summed E-state index contributed by atoms with van der Waals surface area (Å²) < 4.78 is 0. The molecule has 2 saturated carbocycles. The monoisotopic (exact) mass is 880 g/mol. The zero-order valence-corrected chi connectivity index (χ0v) is 39.6. The normalized spacial score (nSPS) is 19.6. The quantitative estimate of drug-likeness (QED) is 0.0906. The Kier molecular flexibility index (Phi) is 14.7. The molecule has 2 nitrogen and oxygen atoms in total. The molecule has 0 N–H and O–H groups in total. The van der Waals surface area contributed by atoms with E-state index in [1.165, 1.54) is 136 Å². The number of hydrogen-bond acceptors (Lipinski definition) is 4. The van der Waals surface area contributed by atoms with Crippen LogP contribution < -0.4 is 0 Å². The van der Waals surface area contributed by atoms with Crippen molar-refractivity contribution in [3.8, 4) is 22.3 Å². The van der Waals surface area contributed by atoms with Gasteiger partial charge in [-0.15, -0.1) is 0 Å². The van der Waals surface area contributed by atoms with E-state index in [4.69, 9.17) is 0 Å². The van der Waals surface area contributed by atoms with Crippen LogP contribution in [0.5, 0.6) is 0 Å². The third kappa shape index (κ3) is 10.2. The number of ketones is 2. The molecule has 9 rings (SSSR count). The molecule has 3 aliphatic carbocycles. The molecule has 2 fully saturated rings. The summed E-state index contributed by atoms with van der Waals surface area (Å²) in [4.78, 5) is 32.4. The van der Waals surface area contributed by atoms with Gasteiger partial charge in [0.1, 0.15) is 0 Å². The van der Waals surface area contributed by atoms with Gasteiger partial charge in [0.2, 0.25) is 0 Å². The lowest BCUT2D eigenvalue weighted by Gasteiger charge is -2.29. The highest BCUT2D eigenvalue weighted by Gasteiger charge is 2.34. The second-order valence-electron chi connectivity index (χ2n) is 18.9. The third-order valence-electron chi connectivity index (χ3n) is 14.7. The van der Waals surface area contributed by atoms with Crippen molar-refractivity contribution in [1.29, 1.82) is 0 Å². The Hall–Kier alpha value is -4.64. The fourth-order valence-electron chi connectivity index (χ4n) is 10.8. The average Bonchev–Trinajstić information content (AvgIpc) is 3.35. The summed E-state index contributed by atoms with van der Waals surface area (Å²) in [7, 11) is 0. The van der Waals surface area contributed by atoms with Gasteiger partial charge >= 0.3 is 0 Å². The summed E-state index contributed by atoms with van der Waals surface area (Å²) >= 11 is 3.12. The van der Waals surface area contributed by atoms with Crippen molar-refractivity contribution in [3.63, 3.8) is 0 Å². The predicted octanol–water partition coefficient (Wildman–Crippen LogP) is 17.8. The number of benzene rings is 6. The van der Waals surface area contributed by atoms with E-state index >= 15 is 0 Å². The number of rotatable bonds is 16. The summed E-state index contributed by atoms with van der Waals surface area (Å²) in [5.41, 5.74) is 9.73. The lowest BCUT2D eigenvalue weighted by molar-refractivity contribution is 0.0974. The molecule has 64 heavy (non-hydrogen) atoms. The number of unbranched alkanes of at least 4 members (excludes halogenated alkanes) is 4. The van der Waals surface area contributed by atoms with E-state index < -0.39 is 0 Å². The van der Waals surface area contributed by atoms with Gasteiger partial charge in [0.05, 0.1) is 0 Å². The molecule has 3 aliphatic rings. The first-order valence-electron chi connectivity index (χ1n) is 24.6. The summed E-state index contributed by atoms with van der Waals surface area (Å²) in [6, 6.07) is 47.1. The van der Waals surface area contributed by atoms with Crippen molar-refractivity contribution < 1.29 is 9.59 Å². The molecule has 0 saturated heterocycles. The Bertz CT molecular complexity index is 2330. The second-order valence-corrected chi connectivity index (χ2v) is 21.2. The van der Waals surface area contributed by atoms with Crippen LogP contribution >= 0.6 is 23.5 Å². The predicted molar refractivity (Wildman–Crippen MR) is 269 cm³/mol. The molecule has 0 aromatic heterocycles. The van der Waals surface area contributed by atoms with Gasteiger partial charge in [-0.1, -0.05) is 186 Å². The molecule has 0 radical (unpaired) electrons. The molecule has 0 aliphatic heterocycles. The van der Waals surface area contributed by atoms with Gasteiger partial charge in [0.25, 0.3) is 0 Å². The lowest BCUT2D eigenvalue weighted by atomic mass is 9.77. The number of carbonyl (C=O) groups excluding carboxylic acids is 2. The first-order chi connectivity index (χ1) is 31.4. The zero-order chi connectivity index (χ0) is 43.8. The summed E-state index contributed by atoms with van der Waals surface area (Å²) in [5.74, 6) is 3.03. The van der Waals surface area contributed by atoms with Crippen LogP contribution in [0.25, 0.3) is 22.3 Å². The van der Waals surface area contributed by atoms with Crippen LogP contribution in [-0.2, 0) is 0 Å². The van der Waals surface area contributed by atoms with Crippen molar-refractivity contribution in [1.82, 2.24) is 0 Å².